The maximum absolute atomic E-state index is 13.6. The average Bonchev–Trinajstić information content (AvgIpc) is 3.12. The van der Waals surface area contributed by atoms with Gasteiger partial charge in [0.2, 0.25) is 10.0 Å². The molecule has 10 nitrogen and oxygen atoms in total. The molecule has 0 aliphatic rings. The number of hydrogen-bond donors (Lipinski definition) is 1. The van der Waals surface area contributed by atoms with Crippen molar-refractivity contribution in [2.75, 3.05) is 20.2 Å². The summed E-state index contributed by atoms with van der Waals surface area (Å²) in [7, 11) is -7.43. The highest BCUT2D eigenvalue weighted by molar-refractivity contribution is 7.90. The third-order valence-corrected chi connectivity index (χ3v) is 8.64. The van der Waals surface area contributed by atoms with Gasteiger partial charge in [-0.3, -0.25) is 4.79 Å². The SMILES string of the molecule is CCOC(=O)CN(C)S(=O)(=O)c1cc(C)cc2cc(/C=N\O)n(S(=O)(=O)c3ccc(C)cc3)c12. The maximum Gasteiger partial charge on any atom is 0.321 e. The van der Waals surface area contributed by atoms with Crippen LogP contribution in [0.3, 0.4) is 0 Å². The average molecular weight is 508 g/mol. The highest BCUT2D eigenvalue weighted by atomic mass is 32.2. The van der Waals surface area contributed by atoms with Crippen LogP contribution >= 0.6 is 0 Å². The summed E-state index contributed by atoms with van der Waals surface area (Å²) in [5, 5.41) is 12.4. The highest BCUT2D eigenvalue weighted by Gasteiger charge is 2.31. The van der Waals surface area contributed by atoms with Gasteiger partial charge in [0.1, 0.15) is 11.4 Å². The van der Waals surface area contributed by atoms with Gasteiger partial charge in [0, 0.05) is 12.4 Å². The zero-order valence-corrected chi connectivity index (χ0v) is 20.7. The number of fused-ring (bicyclic) bond motifs is 1. The first-order valence-corrected chi connectivity index (χ1v) is 13.1. The number of carbonyl (C=O) groups excluding carboxylic acids is 1. The molecule has 0 aliphatic carbocycles. The lowest BCUT2D eigenvalue weighted by atomic mass is 10.2. The fourth-order valence-electron chi connectivity index (χ4n) is 3.51. The van der Waals surface area contributed by atoms with E-state index in [4.69, 9.17) is 9.94 Å². The van der Waals surface area contributed by atoms with Crippen molar-refractivity contribution in [3.63, 3.8) is 0 Å². The van der Waals surface area contributed by atoms with E-state index >= 15 is 0 Å². The molecule has 12 heteroatoms. The second kappa shape index (κ2) is 9.57. The van der Waals surface area contributed by atoms with Crippen LogP contribution in [0.5, 0.6) is 0 Å². The van der Waals surface area contributed by atoms with Gasteiger partial charge in [-0.15, -0.1) is 0 Å². The molecule has 2 aromatic carbocycles. The number of esters is 1. The van der Waals surface area contributed by atoms with Crippen molar-refractivity contribution in [1.82, 2.24) is 8.28 Å². The predicted molar refractivity (Wildman–Crippen MR) is 126 cm³/mol. The molecule has 1 aromatic heterocycles. The number of rotatable bonds is 8. The quantitative estimate of drug-likeness (QED) is 0.214. The molecule has 1 N–H and O–H groups in total. The van der Waals surface area contributed by atoms with Gasteiger partial charge in [-0.05, 0) is 56.7 Å². The fraction of sp³-hybridized carbons (Fsp3) is 0.273. The van der Waals surface area contributed by atoms with Crippen molar-refractivity contribution in [3.8, 4) is 0 Å². The van der Waals surface area contributed by atoms with Crippen molar-refractivity contribution in [1.29, 1.82) is 0 Å². The van der Waals surface area contributed by atoms with Gasteiger partial charge in [0.05, 0.1) is 28.9 Å². The number of aryl methyl sites for hydroxylation is 2. The second-order valence-corrected chi connectivity index (χ2v) is 11.5. The Labute approximate surface area is 198 Å². The standard InChI is InChI=1S/C22H25N3O7S2/c1-5-32-21(26)14-24(4)34(30,31)20-11-16(3)10-17-12-18(13-23-27)25(22(17)20)33(28,29)19-8-6-15(2)7-9-19/h6-13,27H,5,14H2,1-4H3/b23-13-. The summed E-state index contributed by atoms with van der Waals surface area (Å²) in [5.74, 6) is -0.742. The van der Waals surface area contributed by atoms with Gasteiger partial charge in [0.15, 0.2) is 0 Å². The van der Waals surface area contributed by atoms with Crippen LogP contribution < -0.4 is 0 Å². The minimum absolute atomic E-state index is 0.0480. The molecule has 0 saturated heterocycles. The fourth-order valence-corrected chi connectivity index (χ4v) is 6.48. The molecule has 0 amide bonds. The molecular weight excluding hydrogens is 482 g/mol. The van der Waals surface area contributed by atoms with Gasteiger partial charge in [-0.25, -0.2) is 20.8 Å². The highest BCUT2D eigenvalue weighted by Crippen LogP contribution is 2.33. The van der Waals surface area contributed by atoms with Crippen LogP contribution in [0.1, 0.15) is 23.7 Å². The van der Waals surface area contributed by atoms with Crippen LogP contribution in [0.4, 0.5) is 0 Å². The van der Waals surface area contributed by atoms with Crippen LogP contribution in [0.25, 0.3) is 10.9 Å². The van der Waals surface area contributed by atoms with E-state index in [2.05, 4.69) is 5.16 Å². The zero-order chi connectivity index (χ0) is 25.3. The lowest BCUT2D eigenvalue weighted by Crippen LogP contribution is -2.33. The van der Waals surface area contributed by atoms with Crippen molar-refractivity contribution in [2.24, 2.45) is 5.16 Å². The number of sulfonamides is 1. The molecule has 34 heavy (non-hydrogen) atoms. The van der Waals surface area contributed by atoms with E-state index in [9.17, 15) is 21.6 Å². The van der Waals surface area contributed by atoms with Crippen LogP contribution in [-0.2, 0) is 29.6 Å². The van der Waals surface area contributed by atoms with E-state index in [0.29, 0.717) is 10.9 Å². The molecule has 182 valence electrons. The number of ether oxygens (including phenoxy) is 1. The topological polar surface area (TPSA) is 135 Å². The maximum atomic E-state index is 13.6. The van der Waals surface area contributed by atoms with Gasteiger partial charge >= 0.3 is 5.97 Å². The summed E-state index contributed by atoms with van der Waals surface area (Å²) in [5.41, 5.74) is 1.21. The smallest absolute Gasteiger partial charge is 0.321 e. The van der Waals surface area contributed by atoms with E-state index in [-0.39, 0.29) is 27.6 Å². The molecule has 3 rings (SSSR count). The number of hydrogen-bond acceptors (Lipinski definition) is 8. The first-order valence-electron chi connectivity index (χ1n) is 10.2. The number of likely N-dealkylation sites (N-methyl/N-ethyl adjacent to an activating group) is 1. The van der Waals surface area contributed by atoms with Crippen LogP contribution in [0, 0.1) is 13.8 Å². The lowest BCUT2D eigenvalue weighted by molar-refractivity contribution is -0.143. The predicted octanol–water partition coefficient (Wildman–Crippen LogP) is 2.49. The number of aromatic nitrogens is 1. The van der Waals surface area contributed by atoms with E-state index in [1.807, 2.05) is 0 Å². The third-order valence-electron chi connectivity index (χ3n) is 5.08. The van der Waals surface area contributed by atoms with Crippen LogP contribution in [0.15, 0.2) is 57.4 Å². The van der Waals surface area contributed by atoms with Gasteiger partial charge < -0.3 is 9.94 Å². The Morgan fingerprint density at radius 2 is 1.74 bits per heavy atom. The van der Waals surface area contributed by atoms with Gasteiger partial charge in [-0.2, -0.15) is 4.31 Å². The Hall–Kier alpha value is -3.22. The molecule has 0 atom stereocenters. The minimum atomic E-state index is -4.33. The van der Waals surface area contributed by atoms with Crippen molar-refractivity contribution in [2.45, 2.75) is 30.6 Å². The molecule has 0 bridgehead atoms. The molecule has 1 heterocycles. The van der Waals surface area contributed by atoms with Gasteiger partial charge in [0.25, 0.3) is 10.0 Å². The second-order valence-electron chi connectivity index (χ2n) is 7.66. The minimum Gasteiger partial charge on any atom is -0.465 e. The first-order chi connectivity index (χ1) is 15.9. The Bertz CT molecular complexity index is 1470. The summed E-state index contributed by atoms with van der Waals surface area (Å²) >= 11 is 0. The third kappa shape index (κ3) is 4.69. The van der Waals surface area contributed by atoms with Crippen molar-refractivity contribution >= 4 is 43.1 Å². The molecule has 0 aliphatic heterocycles. The Morgan fingerprint density at radius 1 is 1.09 bits per heavy atom. The summed E-state index contributed by atoms with van der Waals surface area (Å²) in [4.78, 5) is 11.5. The molecule has 0 radical (unpaired) electrons. The van der Waals surface area contributed by atoms with E-state index in [1.165, 1.54) is 31.3 Å². The molecule has 0 unspecified atom stereocenters. The number of carbonyl (C=O) groups is 1. The largest absolute Gasteiger partial charge is 0.465 e. The Balaban J connectivity index is 2.35. The number of benzene rings is 2. The van der Waals surface area contributed by atoms with Crippen molar-refractivity contribution < 1.29 is 31.6 Å². The summed E-state index contributed by atoms with van der Waals surface area (Å²) in [6, 6.07) is 10.4. The van der Waals surface area contributed by atoms with Gasteiger partial charge in [-0.1, -0.05) is 22.9 Å². The molecule has 0 spiro atoms. The van der Waals surface area contributed by atoms with Crippen molar-refractivity contribution in [3.05, 3.63) is 59.3 Å². The van der Waals surface area contributed by atoms with E-state index in [1.54, 1.807) is 39.0 Å². The zero-order valence-electron chi connectivity index (χ0n) is 19.1. The normalized spacial score (nSPS) is 12.6. The molecule has 3 aromatic rings. The summed E-state index contributed by atoms with van der Waals surface area (Å²) in [6.45, 7) is 4.60. The number of nitrogens with zero attached hydrogens (tertiary/aromatic N) is 3. The van der Waals surface area contributed by atoms with E-state index in [0.717, 1.165) is 20.1 Å². The van der Waals surface area contributed by atoms with Crippen LogP contribution in [0.2, 0.25) is 0 Å². The molecular formula is C22H25N3O7S2. The Morgan fingerprint density at radius 3 is 2.32 bits per heavy atom. The molecule has 0 saturated carbocycles. The Kier molecular flexibility index (Phi) is 7.15. The number of oxime groups is 1. The summed E-state index contributed by atoms with van der Waals surface area (Å²) in [6.07, 6.45) is 0.916. The van der Waals surface area contributed by atoms with Crippen LogP contribution in [-0.4, -0.2) is 62.7 Å². The molecule has 0 fully saturated rings. The summed E-state index contributed by atoms with van der Waals surface area (Å²) < 4.78 is 60.8. The lowest BCUT2D eigenvalue weighted by Gasteiger charge is -2.19. The van der Waals surface area contributed by atoms with E-state index < -0.39 is 32.6 Å². The monoisotopic (exact) mass is 507 g/mol. The first kappa shape index (κ1) is 25.4.